The van der Waals surface area contributed by atoms with Gasteiger partial charge in [-0.15, -0.1) is 0 Å². The molecule has 0 aliphatic carbocycles. The van der Waals surface area contributed by atoms with Crippen LogP contribution in [-0.4, -0.2) is 39.4 Å². The number of hydrogen-bond acceptors (Lipinski definition) is 3. The van der Waals surface area contributed by atoms with Gasteiger partial charge in [0.05, 0.1) is 5.56 Å². The summed E-state index contributed by atoms with van der Waals surface area (Å²) in [5.41, 5.74) is -1.18. The summed E-state index contributed by atoms with van der Waals surface area (Å²) in [6.07, 6.45) is -4.14. The number of hydrogen-bond donors (Lipinski definition) is 1. The van der Waals surface area contributed by atoms with Crippen LogP contribution in [0.25, 0.3) is 0 Å². The zero-order valence-electron chi connectivity index (χ0n) is 11.8. The minimum Gasteiger partial charge on any atom is -0.319 e. The maximum absolute atomic E-state index is 13.8. The van der Waals surface area contributed by atoms with E-state index in [2.05, 4.69) is 5.32 Å². The maximum Gasteiger partial charge on any atom is 0.416 e. The third-order valence-corrected chi connectivity index (χ3v) is 5.50. The Morgan fingerprint density at radius 1 is 1.36 bits per heavy atom. The molecule has 0 amide bonds. The number of halogens is 4. The molecule has 1 N–H and O–H groups in total. The highest BCUT2D eigenvalue weighted by Crippen LogP contribution is 2.33. The van der Waals surface area contributed by atoms with E-state index >= 15 is 0 Å². The number of rotatable bonds is 4. The van der Waals surface area contributed by atoms with Crippen LogP contribution in [-0.2, 0) is 16.2 Å². The first-order chi connectivity index (χ1) is 10.2. The molecule has 0 radical (unpaired) electrons. The van der Waals surface area contributed by atoms with E-state index in [0.717, 1.165) is 4.31 Å². The lowest BCUT2D eigenvalue weighted by Crippen LogP contribution is -2.31. The smallest absolute Gasteiger partial charge is 0.319 e. The Morgan fingerprint density at radius 2 is 2.05 bits per heavy atom. The van der Waals surface area contributed by atoms with Crippen LogP contribution in [0.3, 0.4) is 0 Å². The molecule has 1 aromatic carbocycles. The van der Waals surface area contributed by atoms with E-state index < -0.39 is 32.5 Å². The van der Waals surface area contributed by atoms with Crippen LogP contribution in [0.2, 0.25) is 0 Å². The SMILES string of the molecule is CNCC1CCN(S(=O)(=O)c2cc(C(F)(F)F)ccc2F)C1. The van der Waals surface area contributed by atoms with Gasteiger partial charge in [0.15, 0.2) is 0 Å². The second kappa shape index (κ2) is 6.13. The molecule has 9 heteroatoms. The van der Waals surface area contributed by atoms with E-state index in [9.17, 15) is 26.0 Å². The zero-order valence-corrected chi connectivity index (χ0v) is 12.6. The van der Waals surface area contributed by atoms with Gasteiger partial charge in [0, 0.05) is 13.1 Å². The summed E-state index contributed by atoms with van der Waals surface area (Å²) >= 11 is 0. The molecule has 1 heterocycles. The predicted octanol–water partition coefficient (Wildman–Crippen LogP) is 2.07. The Labute approximate surface area is 126 Å². The molecule has 22 heavy (non-hydrogen) atoms. The third kappa shape index (κ3) is 3.41. The van der Waals surface area contributed by atoms with E-state index in [4.69, 9.17) is 0 Å². The van der Waals surface area contributed by atoms with Crippen LogP contribution in [0.15, 0.2) is 23.1 Å². The lowest BCUT2D eigenvalue weighted by atomic mass is 10.1. The Bertz CT molecular complexity index is 646. The molecule has 0 spiro atoms. The van der Waals surface area contributed by atoms with Gasteiger partial charge in [-0.25, -0.2) is 12.8 Å². The number of nitrogens with one attached hydrogen (secondary N) is 1. The van der Waals surface area contributed by atoms with Crippen LogP contribution >= 0.6 is 0 Å². The van der Waals surface area contributed by atoms with Gasteiger partial charge in [0.2, 0.25) is 10.0 Å². The van der Waals surface area contributed by atoms with Crippen molar-refractivity contribution >= 4 is 10.0 Å². The fourth-order valence-electron chi connectivity index (χ4n) is 2.49. The van der Waals surface area contributed by atoms with Crippen LogP contribution in [0, 0.1) is 11.7 Å². The van der Waals surface area contributed by atoms with Crippen molar-refractivity contribution in [3.8, 4) is 0 Å². The molecule has 124 valence electrons. The van der Waals surface area contributed by atoms with Gasteiger partial charge in [-0.1, -0.05) is 0 Å². The number of alkyl halides is 3. The summed E-state index contributed by atoms with van der Waals surface area (Å²) in [4.78, 5) is -0.924. The molecular weight excluding hydrogens is 324 g/mol. The molecule has 4 nitrogen and oxygen atoms in total. The molecule has 2 rings (SSSR count). The van der Waals surface area contributed by atoms with E-state index in [1.165, 1.54) is 0 Å². The highest BCUT2D eigenvalue weighted by Gasteiger charge is 2.37. The second-order valence-corrected chi connectivity index (χ2v) is 7.12. The maximum atomic E-state index is 13.8. The van der Waals surface area contributed by atoms with E-state index in [-0.39, 0.29) is 19.0 Å². The van der Waals surface area contributed by atoms with E-state index in [0.29, 0.717) is 31.2 Å². The summed E-state index contributed by atoms with van der Waals surface area (Å²) < 4.78 is 77.6. The minimum absolute atomic E-state index is 0.0636. The minimum atomic E-state index is -4.72. The van der Waals surface area contributed by atoms with Crippen molar-refractivity contribution in [3.63, 3.8) is 0 Å². The van der Waals surface area contributed by atoms with Gasteiger partial charge in [-0.2, -0.15) is 17.5 Å². The van der Waals surface area contributed by atoms with Crippen LogP contribution in [0.1, 0.15) is 12.0 Å². The first kappa shape index (κ1) is 17.2. The molecule has 1 aliphatic rings. The Morgan fingerprint density at radius 3 is 2.64 bits per heavy atom. The number of nitrogens with zero attached hydrogens (tertiary/aromatic N) is 1. The summed E-state index contributed by atoms with van der Waals surface area (Å²) in [5.74, 6) is -1.11. The van der Waals surface area contributed by atoms with E-state index in [1.54, 1.807) is 7.05 Å². The predicted molar refractivity (Wildman–Crippen MR) is 72.2 cm³/mol. The molecule has 1 saturated heterocycles. The van der Waals surface area contributed by atoms with Gasteiger partial charge in [0.25, 0.3) is 0 Å². The lowest BCUT2D eigenvalue weighted by molar-refractivity contribution is -0.137. The summed E-state index contributed by atoms with van der Waals surface area (Å²) in [5, 5.41) is 2.92. The van der Waals surface area contributed by atoms with Gasteiger partial charge >= 0.3 is 6.18 Å². The summed E-state index contributed by atoms with van der Waals surface area (Å²) in [6.45, 7) is 0.931. The largest absolute Gasteiger partial charge is 0.416 e. The monoisotopic (exact) mass is 340 g/mol. The van der Waals surface area contributed by atoms with Crippen molar-refractivity contribution in [2.45, 2.75) is 17.5 Å². The standard InChI is InChI=1S/C13H16F4N2O2S/c1-18-7-9-4-5-19(8-9)22(20,21)12-6-10(13(15,16)17)2-3-11(12)14/h2-3,6,9,18H,4-5,7-8H2,1H3. The van der Waals surface area contributed by atoms with Crippen molar-refractivity contribution in [3.05, 3.63) is 29.6 Å². The molecular formula is C13H16F4N2O2S. The number of benzene rings is 1. The quantitative estimate of drug-likeness (QED) is 0.854. The van der Waals surface area contributed by atoms with Gasteiger partial charge in [0.1, 0.15) is 10.7 Å². The topological polar surface area (TPSA) is 49.4 Å². The van der Waals surface area contributed by atoms with E-state index in [1.807, 2.05) is 0 Å². The zero-order chi connectivity index (χ0) is 16.5. The summed E-state index contributed by atoms with van der Waals surface area (Å²) in [6, 6.07) is 1.43. The molecule has 0 bridgehead atoms. The first-order valence-electron chi connectivity index (χ1n) is 6.67. The molecule has 0 saturated carbocycles. The highest BCUT2D eigenvalue weighted by molar-refractivity contribution is 7.89. The molecule has 1 atom stereocenters. The first-order valence-corrected chi connectivity index (χ1v) is 8.11. The highest BCUT2D eigenvalue weighted by atomic mass is 32.2. The van der Waals surface area contributed by atoms with Crippen LogP contribution < -0.4 is 5.32 Å². The van der Waals surface area contributed by atoms with Gasteiger partial charge in [-0.05, 0) is 44.1 Å². The van der Waals surface area contributed by atoms with Gasteiger partial charge < -0.3 is 5.32 Å². The van der Waals surface area contributed by atoms with Gasteiger partial charge in [-0.3, -0.25) is 0 Å². The average molecular weight is 340 g/mol. The second-order valence-electron chi connectivity index (χ2n) is 5.22. The van der Waals surface area contributed by atoms with Crippen molar-refractivity contribution in [1.29, 1.82) is 0 Å². The molecule has 1 fully saturated rings. The third-order valence-electron chi connectivity index (χ3n) is 3.62. The molecule has 1 aromatic rings. The van der Waals surface area contributed by atoms with Crippen molar-refractivity contribution in [2.24, 2.45) is 5.92 Å². The molecule has 1 aliphatic heterocycles. The molecule has 1 unspecified atom stereocenters. The Balaban J connectivity index is 2.34. The number of sulfonamides is 1. The fraction of sp³-hybridized carbons (Fsp3) is 0.538. The van der Waals surface area contributed by atoms with Crippen molar-refractivity contribution in [1.82, 2.24) is 9.62 Å². The van der Waals surface area contributed by atoms with Crippen molar-refractivity contribution < 1.29 is 26.0 Å². The Kier molecular flexibility index (Phi) is 4.78. The average Bonchev–Trinajstić information content (AvgIpc) is 2.87. The fourth-order valence-corrected chi connectivity index (χ4v) is 4.11. The van der Waals surface area contributed by atoms with Crippen molar-refractivity contribution in [2.75, 3.05) is 26.7 Å². The van der Waals surface area contributed by atoms with Crippen LogP contribution in [0.5, 0.6) is 0 Å². The normalized spacial score (nSPS) is 20.5. The Hall–Kier alpha value is -1.19. The lowest BCUT2D eigenvalue weighted by Gasteiger charge is -2.18. The van der Waals surface area contributed by atoms with Crippen LogP contribution in [0.4, 0.5) is 17.6 Å². The summed E-state index contributed by atoms with van der Waals surface area (Å²) in [7, 11) is -2.55. The molecule has 0 aromatic heterocycles.